The van der Waals surface area contributed by atoms with E-state index in [0.29, 0.717) is 26.1 Å². The van der Waals surface area contributed by atoms with Gasteiger partial charge in [0.05, 0.1) is 12.6 Å². The van der Waals surface area contributed by atoms with E-state index in [0.717, 1.165) is 18.7 Å². The summed E-state index contributed by atoms with van der Waals surface area (Å²) in [5.41, 5.74) is 0.831. The second-order valence-electron chi connectivity index (χ2n) is 5.61. The minimum Gasteiger partial charge on any atom is -0.336 e. The Kier molecular flexibility index (Phi) is 3.88. The standard InChI is InChI=1S/C15H18FN3O2/c16-12-3-1-11(2-4-12)7-14(20)10-18-5-6-19-13(9-18)8-17-15(19)21/h1-4,13H,5-10H2,(H,17,21). The number of urea groups is 1. The number of hydrogen-bond acceptors (Lipinski definition) is 3. The molecule has 3 rings (SSSR count). The molecule has 2 aliphatic heterocycles. The van der Waals surface area contributed by atoms with Crippen molar-refractivity contribution < 1.29 is 14.0 Å². The van der Waals surface area contributed by atoms with Gasteiger partial charge in [0.1, 0.15) is 5.82 Å². The maximum atomic E-state index is 12.8. The van der Waals surface area contributed by atoms with Crippen LogP contribution in [0.3, 0.4) is 0 Å². The van der Waals surface area contributed by atoms with Crippen LogP contribution in [0.4, 0.5) is 9.18 Å². The zero-order chi connectivity index (χ0) is 14.8. The normalized spacial score (nSPS) is 22.0. The number of carbonyl (C=O) groups is 2. The Morgan fingerprint density at radius 3 is 2.81 bits per heavy atom. The molecule has 112 valence electrons. The summed E-state index contributed by atoms with van der Waals surface area (Å²) in [6.45, 7) is 3.16. The average Bonchev–Trinajstić information content (AvgIpc) is 2.82. The number of piperazine rings is 1. The lowest BCUT2D eigenvalue weighted by molar-refractivity contribution is -0.120. The summed E-state index contributed by atoms with van der Waals surface area (Å²) < 4.78 is 12.8. The van der Waals surface area contributed by atoms with Gasteiger partial charge in [-0.3, -0.25) is 9.69 Å². The number of hydrogen-bond donors (Lipinski definition) is 1. The van der Waals surface area contributed by atoms with E-state index in [1.54, 1.807) is 12.1 Å². The molecular formula is C15H18FN3O2. The van der Waals surface area contributed by atoms with Crippen molar-refractivity contribution >= 4 is 11.8 Å². The minimum atomic E-state index is -0.291. The third-order valence-electron chi connectivity index (χ3n) is 4.03. The molecule has 2 heterocycles. The summed E-state index contributed by atoms with van der Waals surface area (Å²) in [5, 5.41) is 2.82. The highest BCUT2D eigenvalue weighted by molar-refractivity contribution is 5.83. The van der Waals surface area contributed by atoms with Gasteiger partial charge in [-0.1, -0.05) is 12.1 Å². The highest BCUT2D eigenvalue weighted by atomic mass is 19.1. The molecule has 0 aliphatic carbocycles. The van der Waals surface area contributed by atoms with Gasteiger partial charge in [-0.25, -0.2) is 9.18 Å². The molecule has 2 aliphatic rings. The Balaban J connectivity index is 1.51. The number of amides is 2. The highest BCUT2D eigenvalue weighted by Crippen LogP contribution is 2.14. The quantitative estimate of drug-likeness (QED) is 0.886. The molecule has 1 N–H and O–H groups in total. The van der Waals surface area contributed by atoms with Crippen LogP contribution < -0.4 is 5.32 Å². The predicted octanol–water partition coefficient (Wildman–Crippen LogP) is 0.647. The molecular weight excluding hydrogens is 273 g/mol. The van der Waals surface area contributed by atoms with Crippen LogP contribution >= 0.6 is 0 Å². The van der Waals surface area contributed by atoms with Gasteiger partial charge in [0.25, 0.3) is 0 Å². The van der Waals surface area contributed by atoms with Crippen LogP contribution in [0.25, 0.3) is 0 Å². The van der Waals surface area contributed by atoms with E-state index in [1.165, 1.54) is 12.1 Å². The summed E-state index contributed by atoms with van der Waals surface area (Å²) in [4.78, 5) is 27.5. The summed E-state index contributed by atoms with van der Waals surface area (Å²) in [6.07, 6.45) is 0.322. The second-order valence-corrected chi connectivity index (χ2v) is 5.61. The Labute approximate surface area is 122 Å². The van der Waals surface area contributed by atoms with Crippen LogP contribution in [0.2, 0.25) is 0 Å². The van der Waals surface area contributed by atoms with Gasteiger partial charge < -0.3 is 10.2 Å². The minimum absolute atomic E-state index is 0.00251. The van der Waals surface area contributed by atoms with E-state index >= 15 is 0 Å². The number of halogens is 1. The number of rotatable bonds is 4. The number of nitrogens with one attached hydrogen (secondary N) is 1. The summed E-state index contributed by atoms with van der Waals surface area (Å²) in [5.74, 6) is -0.173. The zero-order valence-corrected chi connectivity index (χ0v) is 11.7. The van der Waals surface area contributed by atoms with Gasteiger partial charge in [-0.2, -0.15) is 0 Å². The number of benzene rings is 1. The van der Waals surface area contributed by atoms with E-state index in [2.05, 4.69) is 10.2 Å². The third kappa shape index (κ3) is 3.21. The van der Waals surface area contributed by atoms with E-state index < -0.39 is 0 Å². The molecule has 1 aromatic rings. The van der Waals surface area contributed by atoms with Gasteiger partial charge >= 0.3 is 6.03 Å². The molecule has 2 fully saturated rings. The monoisotopic (exact) mass is 291 g/mol. The summed E-state index contributed by atoms with van der Waals surface area (Å²) >= 11 is 0. The van der Waals surface area contributed by atoms with Gasteiger partial charge in [-0.15, -0.1) is 0 Å². The van der Waals surface area contributed by atoms with Crippen LogP contribution in [0, 0.1) is 5.82 Å². The first-order valence-corrected chi connectivity index (χ1v) is 7.15. The lowest BCUT2D eigenvalue weighted by Gasteiger charge is -2.35. The third-order valence-corrected chi connectivity index (χ3v) is 4.03. The van der Waals surface area contributed by atoms with Crippen molar-refractivity contribution in [1.82, 2.24) is 15.1 Å². The van der Waals surface area contributed by atoms with Gasteiger partial charge in [0, 0.05) is 32.6 Å². The molecule has 0 aromatic heterocycles. The molecule has 2 saturated heterocycles. The van der Waals surface area contributed by atoms with Crippen molar-refractivity contribution in [3.63, 3.8) is 0 Å². The van der Waals surface area contributed by atoms with E-state index in [1.807, 2.05) is 4.90 Å². The Hall–Kier alpha value is -1.95. The van der Waals surface area contributed by atoms with E-state index in [-0.39, 0.29) is 23.7 Å². The molecule has 1 unspecified atom stereocenters. The first kappa shape index (κ1) is 14.0. The first-order valence-electron chi connectivity index (χ1n) is 7.15. The molecule has 5 nitrogen and oxygen atoms in total. The lowest BCUT2D eigenvalue weighted by atomic mass is 10.1. The van der Waals surface area contributed by atoms with Crippen molar-refractivity contribution in [1.29, 1.82) is 0 Å². The van der Waals surface area contributed by atoms with Crippen molar-refractivity contribution in [3.8, 4) is 0 Å². The molecule has 0 spiro atoms. The van der Waals surface area contributed by atoms with Crippen LogP contribution in [0.5, 0.6) is 0 Å². The number of Topliss-reactive ketones (excluding diaryl/α,β-unsaturated/α-hetero) is 1. The number of nitrogens with zero attached hydrogens (tertiary/aromatic N) is 2. The molecule has 21 heavy (non-hydrogen) atoms. The fraction of sp³-hybridized carbons (Fsp3) is 0.467. The van der Waals surface area contributed by atoms with E-state index in [9.17, 15) is 14.0 Å². The largest absolute Gasteiger partial charge is 0.336 e. The smallest absolute Gasteiger partial charge is 0.317 e. The topological polar surface area (TPSA) is 52.7 Å². The van der Waals surface area contributed by atoms with E-state index in [4.69, 9.17) is 0 Å². The number of fused-ring (bicyclic) bond motifs is 1. The number of carbonyl (C=O) groups excluding carboxylic acids is 2. The highest BCUT2D eigenvalue weighted by Gasteiger charge is 2.35. The van der Waals surface area contributed by atoms with Crippen LogP contribution in [-0.4, -0.2) is 60.4 Å². The van der Waals surface area contributed by atoms with Crippen molar-refractivity contribution in [2.24, 2.45) is 0 Å². The maximum Gasteiger partial charge on any atom is 0.317 e. The van der Waals surface area contributed by atoms with Gasteiger partial charge in [0.15, 0.2) is 5.78 Å². The molecule has 0 bridgehead atoms. The Bertz CT molecular complexity index is 546. The Morgan fingerprint density at radius 1 is 1.29 bits per heavy atom. The molecule has 0 saturated carbocycles. The summed E-state index contributed by atoms with van der Waals surface area (Å²) in [7, 11) is 0. The fourth-order valence-corrected chi connectivity index (χ4v) is 2.95. The Morgan fingerprint density at radius 2 is 2.05 bits per heavy atom. The van der Waals surface area contributed by atoms with Crippen molar-refractivity contribution in [2.45, 2.75) is 12.5 Å². The molecule has 6 heteroatoms. The van der Waals surface area contributed by atoms with Crippen LogP contribution in [0.1, 0.15) is 5.56 Å². The maximum absolute atomic E-state index is 12.8. The first-order chi connectivity index (χ1) is 10.1. The number of ketones is 1. The zero-order valence-electron chi connectivity index (χ0n) is 11.7. The summed E-state index contributed by atoms with van der Waals surface area (Å²) in [6, 6.07) is 6.20. The predicted molar refractivity (Wildman–Crippen MR) is 75.4 cm³/mol. The lowest BCUT2D eigenvalue weighted by Crippen LogP contribution is -2.53. The molecule has 2 amide bonds. The molecule has 1 atom stereocenters. The fourth-order valence-electron chi connectivity index (χ4n) is 2.95. The molecule has 0 radical (unpaired) electrons. The molecule has 1 aromatic carbocycles. The second kappa shape index (κ2) is 5.81. The van der Waals surface area contributed by atoms with Crippen molar-refractivity contribution in [3.05, 3.63) is 35.6 Å². The van der Waals surface area contributed by atoms with Crippen LogP contribution in [0.15, 0.2) is 24.3 Å². The SMILES string of the molecule is O=C(Cc1ccc(F)cc1)CN1CCN2C(=O)NCC2C1. The average molecular weight is 291 g/mol. The van der Waals surface area contributed by atoms with Gasteiger partial charge in [0.2, 0.25) is 0 Å². The van der Waals surface area contributed by atoms with Crippen LogP contribution in [-0.2, 0) is 11.2 Å². The van der Waals surface area contributed by atoms with Gasteiger partial charge in [-0.05, 0) is 17.7 Å². The van der Waals surface area contributed by atoms with Crippen molar-refractivity contribution in [2.75, 3.05) is 32.7 Å².